The first kappa shape index (κ1) is 17.9. The molecule has 2 fully saturated rings. The zero-order chi connectivity index (χ0) is 18.8. The van der Waals surface area contributed by atoms with E-state index in [2.05, 4.69) is 39.5 Å². The van der Waals surface area contributed by atoms with Crippen molar-refractivity contribution in [2.45, 2.75) is 38.6 Å². The van der Waals surface area contributed by atoms with Crippen LogP contribution in [0.2, 0.25) is 0 Å². The summed E-state index contributed by atoms with van der Waals surface area (Å²) in [5.74, 6) is 0.539. The number of aromatic amines is 1. The number of fused-ring (bicyclic) bond motifs is 1. The summed E-state index contributed by atoms with van der Waals surface area (Å²) in [7, 11) is 0. The number of carbonyl (C=O) groups is 2. The molecule has 144 valence electrons. The Morgan fingerprint density at radius 2 is 1.96 bits per heavy atom. The minimum atomic E-state index is -0.369. The molecule has 2 amide bonds. The number of nitrogens with zero attached hydrogens (tertiary/aromatic N) is 2. The number of benzene rings is 1. The highest BCUT2D eigenvalue weighted by Crippen LogP contribution is 2.31. The SMILES string of the molecule is CC(=O)N[C@H](CC1CCC1)C(=O)N1CCN(c2cccc3cc[nH]c23)CC1. The average Bonchev–Trinajstić information content (AvgIpc) is 3.11. The molecule has 1 saturated carbocycles. The van der Waals surface area contributed by atoms with E-state index < -0.39 is 0 Å². The van der Waals surface area contributed by atoms with Crippen molar-refractivity contribution in [3.63, 3.8) is 0 Å². The molecule has 1 aliphatic heterocycles. The van der Waals surface area contributed by atoms with E-state index in [9.17, 15) is 9.59 Å². The molecule has 6 nitrogen and oxygen atoms in total. The largest absolute Gasteiger partial charge is 0.366 e. The Morgan fingerprint density at radius 1 is 1.19 bits per heavy atom. The standard InChI is InChI=1S/C21H28N4O2/c1-15(26)23-18(14-16-4-2-5-16)21(27)25-12-10-24(11-13-25)19-7-3-6-17-8-9-22-20(17)19/h3,6-9,16,18,22H,2,4-5,10-14H2,1H3,(H,23,26)/t18-/m1/s1. The highest BCUT2D eigenvalue weighted by molar-refractivity contribution is 5.92. The second-order valence-corrected chi connectivity index (χ2v) is 7.82. The molecule has 1 aromatic heterocycles. The van der Waals surface area contributed by atoms with Crippen molar-refractivity contribution in [3.8, 4) is 0 Å². The van der Waals surface area contributed by atoms with E-state index in [1.807, 2.05) is 11.1 Å². The normalized spacial score (nSPS) is 19.0. The summed E-state index contributed by atoms with van der Waals surface area (Å²) in [5.41, 5.74) is 2.34. The third kappa shape index (κ3) is 3.80. The molecular weight excluding hydrogens is 340 g/mol. The summed E-state index contributed by atoms with van der Waals surface area (Å²) in [6, 6.07) is 8.03. The van der Waals surface area contributed by atoms with E-state index in [1.54, 1.807) is 0 Å². The molecule has 0 bridgehead atoms. The van der Waals surface area contributed by atoms with E-state index in [4.69, 9.17) is 0 Å². The third-order valence-corrected chi connectivity index (χ3v) is 5.97. The van der Waals surface area contributed by atoms with Gasteiger partial charge >= 0.3 is 0 Å². The third-order valence-electron chi connectivity index (χ3n) is 5.97. The summed E-state index contributed by atoms with van der Waals surface area (Å²) < 4.78 is 0. The van der Waals surface area contributed by atoms with E-state index in [-0.39, 0.29) is 17.9 Å². The van der Waals surface area contributed by atoms with Crippen LogP contribution in [-0.4, -0.2) is 53.9 Å². The number of rotatable bonds is 5. The Morgan fingerprint density at radius 3 is 2.63 bits per heavy atom. The molecule has 1 aliphatic carbocycles. The average molecular weight is 368 g/mol. The van der Waals surface area contributed by atoms with E-state index in [1.165, 1.54) is 37.3 Å². The highest BCUT2D eigenvalue weighted by Gasteiger charge is 2.32. The van der Waals surface area contributed by atoms with Crippen LogP contribution in [0, 0.1) is 5.92 Å². The van der Waals surface area contributed by atoms with Crippen LogP contribution in [0.15, 0.2) is 30.5 Å². The molecule has 1 saturated heterocycles. The van der Waals surface area contributed by atoms with Crippen molar-refractivity contribution in [1.82, 2.24) is 15.2 Å². The molecule has 6 heteroatoms. The van der Waals surface area contributed by atoms with Crippen LogP contribution < -0.4 is 10.2 Å². The molecule has 2 heterocycles. The summed E-state index contributed by atoms with van der Waals surface area (Å²) in [5, 5.41) is 4.10. The maximum Gasteiger partial charge on any atom is 0.245 e. The number of hydrogen-bond donors (Lipinski definition) is 2. The Balaban J connectivity index is 1.40. The molecule has 0 unspecified atom stereocenters. The van der Waals surface area contributed by atoms with Gasteiger partial charge in [0.15, 0.2) is 0 Å². The number of amides is 2. The molecule has 0 radical (unpaired) electrons. The summed E-state index contributed by atoms with van der Waals surface area (Å²) in [4.78, 5) is 32.2. The monoisotopic (exact) mass is 368 g/mol. The van der Waals surface area contributed by atoms with Crippen molar-refractivity contribution < 1.29 is 9.59 Å². The molecule has 1 aromatic carbocycles. The van der Waals surface area contributed by atoms with Gasteiger partial charge in [0.1, 0.15) is 6.04 Å². The minimum absolute atomic E-state index is 0.0785. The zero-order valence-electron chi connectivity index (χ0n) is 15.9. The molecule has 1 atom stereocenters. The number of aromatic nitrogens is 1. The maximum atomic E-state index is 13.0. The number of carbonyl (C=O) groups excluding carboxylic acids is 2. The van der Waals surface area contributed by atoms with Gasteiger partial charge < -0.3 is 20.1 Å². The van der Waals surface area contributed by atoms with Gasteiger partial charge in [0.2, 0.25) is 11.8 Å². The molecule has 27 heavy (non-hydrogen) atoms. The van der Waals surface area contributed by atoms with Gasteiger partial charge in [-0.3, -0.25) is 9.59 Å². The lowest BCUT2D eigenvalue weighted by Crippen LogP contribution is -2.55. The van der Waals surface area contributed by atoms with Crippen molar-refractivity contribution in [2.75, 3.05) is 31.1 Å². The number of piperazine rings is 1. The number of H-pyrrole nitrogens is 1. The fraction of sp³-hybridized carbons (Fsp3) is 0.524. The van der Waals surface area contributed by atoms with Gasteiger partial charge in [-0.25, -0.2) is 0 Å². The van der Waals surface area contributed by atoms with Gasteiger partial charge in [0.05, 0.1) is 11.2 Å². The second kappa shape index (κ2) is 7.62. The lowest BCUT2D eigenvalue weighted by atomic mass is 9.80. The maximum absolute atomic E-state index is 13.0. The first-order valence-electron chi connectivity index (χ1n) is 9.99. The van der Waals surface area contributed by atoms with Crippen LogP contribution >= 0.6 is 0 Å². The molecule has 2 aliphatic rings. The highest BCUT2D eigenvalue weighted by atomic mass is 16.2. The first-order valence-corrected chi connectivity index (χ1v) is 9.99. The van der Waals surface area contributed by atoms with Gasteiger partial charge in [0, 0.05) is 44.7 Å². The topological polar surface area (TPSA) is 68.4 Å². The molecule has 2 aromatic rings. The minimum Gasteiger partial charge on any atom is -0.366 e. The molecule has 2 N–H and O–H groups in total. The smallest absolute Gasteiger partial charge is 0.245 e. The fourth-order valence-electron chi connectivity index (χ4n) is 4.25. The van der Waals surface area contributed by atoms with Gasteiger partial charge in [0.25, 0.3) is 0 Å². The lowest BCUT2D eigenvalue weighted by Gasteiger charge is -2.38. The Bertz CT molecular complexity index is 818. The number of nitrogens with one attached hydrogen (secondary N) is 2. The Hall–Kier alpha value is -2.50. The summed E-state index contributed by atoms with van der Waals surface area (Å²) in [6.45, 7) is 4.49. The Kier molecular flexibility index (Phi) is 5.05. The van der Waals surface area contributed by atoms with Gasteiger partial charge in [-0.1, -0.05) is 31.4 Å². The van der Waals surface area contributed by atoms with Crippen molar-refractivity contribution in [2.24, 2.45) is 5.92 Å². The van der Waals surface area contributed by atoms with Crippen LogP contribution in [0.5, 0.6) is 0 Å². The van der Waals surface area contributed by atoms with Crippen LogP contribution in [0.3, 0.4) is 0 Å². The fourth-order valence-corrected chi connectivity index (χ4v) is 4.25. The molecule has 0 spiro atoms. The summed E-state index contributed by atoms with van der Waals surface area (Å²) >= 11 is 0. The second-order valence-electron chi connectivity index (χ2n) is 7.82. The molecular formula is C21H28N4O2. The van der Waals surface area contributed by atoms with Crippen LogP contribution in [-0.2, 0) is 9.59 Å². The predicted molar refractivity (Wildman–Crippen MR) is 107 cm³/mol. The first-order chi connectivity index (χ1) is 13.1. The Labute approximate surface area is 159 Å². The van der Waals surface area contributed by atoms with E-state index in [0.717, 1.165) is 25.0 Å². The van der Waals surface area contributed by atoms with Gasteiger partial charge in [-0.2, -0.15) is 0 Å². The molecule has 4 rings (SSSR count). The summed E-state index contributed by atoms with van der Waals surface area (Å²) in [6.07, 6.45) is 6.34. The van der Waals surface area contributed by atoms with Crippen LogP contribution in [0.1, 0.15) is 32.6 Å². The van der Waals surface area contributed by atoms with E-state index in [0.29, 0.717) is 19.0 Å². The van der Waals surface area contributed by atoms with Gasteiger partial charge in [-0.15, -0.1) is 0 Å². The predicted octanol–water partition coefficient (Wildman–Crippen LogP) is 2.51. The van der Waals surface area contributed by atoms with Crippen molar-refractivity contribution >= 4 is 28.4 Å². The number of para-hydroxylation sites is 1. The van der Waals surface area contributed by atoms with Crippen LogP contribution in [0.4, 0.5) is 5.69 Å². The van der Waals surface area contributed by atoms with Crippen molar-refractivity contribution in [3.05, 3.63) is 30.5 Å². The number of anilines is 1. The van der Waals surface area contributed by atoms with Crippen LogP contribution in [0.25, 0.3) is 10.9 Å². The zero-order valence-corrected chi connectivity index (χ0v) is 15.9. The number of hydrogen-bond acceptors (Lipinski definition) is 3. The van der Waals surface area contributed by atoms with Crippen molar-refractivity contribution in [1.29, 1.82) is 0 Å². The lowest BCUT2D eigenvalue weighted by molar-refractivity contribution is -0.137. The van der Waals surface area contributed by atoms with Gasteiger partial charge in [-0.05, 0) is 24.5 Å². The van der Waals surface area contributed by atoms with E-state index >= 15 is 0 Å². The quantitative estimate of drug-likeness (QED) is 0.852.